The first-order valence-electron chi connectivity index (χ1n) is 7.87. The van der Waals surface area contributed by atoms with Crippen LogP contribution in [0.5, 0.6) is 0 Å². The van der Waals surface area contributed by atoms with E-state index in [0.717, 1.165) is 36.8 Å². The molecule has 1 N–H and O–H groups in total. The molecule has 22 heavy (non-hydrogen) atoms. The highest BCUT2D eigenvalue weighted by atomic mass is 15.3. The molecular weight excluding hydrogens is 276 g/mol. The van der Waals surface area contributed by atoms with E-state index in [1.165, 1.54) is 18.4 Å². The lowest BCUT2D eigenvalue weighted by molar-refractivity contribution is 0.208. The normalized spacial score (nSPS) is 19.3. The Hall–Kier alpha value is -1.95. The van der Waals surface area contributed by atoms with Crippen molar-refractivity contribution < 1.29 is 0 Å². The molecule has 1 atom stereocenters. The van der Waals surface area contributed by atoms with Crippen molar-refractivity contribution >= 4 is 5.82 Å². The highest BCUT2D eigenvalue weighted by Crippen LogP contribution is 2.18. The second-order valence-electron chi connectivity index (χ2n) is 6.18. The van der Waals surface area contributed by atoms with Gasteiger partial charge in [0.1, 0.15) is 12.1 Å². The topological polar surface area (TPSA) is 58.9 Å². The molecule has 1 fully saturated rings. The Morgan fingerprint density at radius 1 is 1.32 bits per heavy atom. The molecule has 0 radical (unpaired) electrons. The summed E-state index contributed by atoms with van der Waals surface area (Å²) >= 11 is 0. The van der Waals surface area contributed by atoms with Crippen molar-refractivity contribution in [3.8, 4) is 0 Å². The zero-order valence-corrected chi connectivity index (χ0v) is 13.6. The maximum absolute atomic E-state index is 4.43. The van der Waals surface area contributed by atoms with Crippen molar-refractivity contribution in [2.45, 2.75) is 39.3 Å². The summed E-state index contributed by atoms with van der Waals surface area (Å²) in [5.74, 6) is 0.928. The summed E-state index contributed by atoms with van der Waals surface area (Å²) in [6.07, 6.45) is 6.14. The average Bonchev–Trinajstić information content (AvgIpc) is 2.77. The van der Waals surface area contributed by atoms with E-state index < -0.39 is 0 Å². The predicted molar refractivity (Wildman–Crippen MR) is 86.6 cm³/mol. The van der Waals surface area contributed by atoms with E-state index in [2.05, 4.69) is 38.4 Å². The van der Waals surface area contributed by atoms with Gasteiger partial charge in [-0.05, 0) is 33.2 Å². The molecule has 0 aromatic carbocycles. The van der Waals surface area contributed by atoms with Crippen molar-refractivity contribution in [1.29, 1.82) is 0 Å². The molecule has 0 bridgehead atoms. The molecule has 1 unspecified atom stereocenters. The van der Waals surface area contributed by atoms with Crippen LogP contribution in [0.4, 0.5) is 5.82 Å². The molecule has 0 saturated carbocycles. The maximum atomic E-state index is 4.43. The molecular formula is C16H24N6. The number of piperidine rings is 1. The maximum Gasteiger partial charge on any atom is 0.129 e. The number of rotatable bonds is 4. The number of nitrogens with zero attached hydrogens (tertiary/aromatic N) is 5. The van der Waals surface area contributed by atoms with E-state index in [1.807, 2.05) is 24.7 Å². The van der Waals surface area contributed by atoms with Crippen LogP contribution in [0.3, 0.4) is 0 Å². The fourth-order valence-corrected chi connectivity index (χ4v) is 3.10. The number of likely N-dealkylation sites (tertiary alicyclic amines) is 1. The van der Waals surface area contributed by atoms with Crippen LogP contribution in [0.1, 0.15) is 29.8 Å². The van der Waals surface area contributed by atoms with Crippen LogP contribution >= 0.6 is 0 Å². The Bertz CT molecular complexity index is 635. The SMILES string of the molecule is Cc1cc(NC2CCCN(Cc3cn(C)nc3C)C2)ncn1. The fraction of sp³-hybridized carbons (Fsp3) is 0.562. The predicted octanol–water partition coefficient (Wildman–Crippen LogP) is 1.90. The quantitative estimate of drug-likeness (QED) is 0.934. The third-order valence-corrected chi connectivity index (χ3v) is 4.17. The van der Waals surface area contributed by atoms with Crippen LogP contribution in [-0.4, -0.2) is 43.8 Å². The lowest BCUT2D eigenvalue weighted by Gasteiger charge is -2.33. The second-order valence-corrected chi connectivity index (χ2v) is 6.18. The third-order valence-electron chi connectivity index (χ3n) is 4.17. The molecule has 1 saturated heterocycles. The molecule has 3 rings (SSSR count). The number of hydrogen-bond acceptors (Lipinski definition) is 5. The number of aromatic nitrogens is 4. The van der Waals surface area contributed by atoms with Gasteiger partial charge >= 0.3 is 0 Å². The van der Waals surface area contributed by atoms with Crippen LogP contribution < -0.4 is 5.32 Å². The van der Waals surface area contributed by atoms with Gasteiger partial charge in [0.05, 0.1) is 5.69 Å². The fourth-order valence-electron chi connectivity index (χ4n) is 3.10. The molecule has 1 aliphatic heterocycles. The van der Waals surface area contributed by atoms with E-state index in [0.29, 0.717) is 6.04 Å². The Kier molecular flexibility index (Phi) is 4.38. The van der Waals surface area contributed by atoms with E-state index in [-0.39, 0.29) is 0 Å². The lowest BCUT2D eigenvalue weighted by Crippen LogP contribution is -2.41. The van der Waals surface area contributed by atoms with Crippen LogP contribution in [-0.2, 0) is 13.6 Å². The summed E-state index contributed by atoms with van der Waals surface area (Å²) in [5.41, 5.74) is 3.45. The summed E-state index contributed by atoms with van der Waals surface area (Å²) in [7, 11) is 1.98. The number of aryl methyl sites for hydroxylation is 3. The summed E-state index contributed by atoms with van der Waals surface area (Å²) < 4.78 is 1.90. The van der Waals surface area contributed by atoms with Crippen molar-refractivity contribution in [3.63, 3.8) is 0 Å². The van der Waals surface area contributed by atoms with Crippen LogP contribution in [0, 0.1) is 13.8 Å². The van der Waals surface area contributed by atoms with Crippen molar-refractivity contribution in [2.75, 3.05) is 18.4 Å². The molecule has 6 nitrogen and oxygen atoms in total. The first-order chi connectivity index (χ1) is 10.6. The van der Waals surface area contributed by atoms with Gasteiger partial charge in [-0.15, -0.1) is 0 Å². The first-order valence-corrected chi connectivity index (χ1v) is 7.87. The standard InChI is InChI=1S/C16H24N6/c1-12-7-16(18-11-17-12)19-15-5-4-6-22(10-15)9-14-8-21(3)20-13(14)2/h7-8,11,15H,4-6,9-10H2,1-3H3,(H,17,18,19). The molecule has 1 aliphatic rings. The van der Waals surface area contributed by atoms with Gasteiger partial charge in [-0.3, -0.25) is 9.58 Å². The first kappa shape index (κ1) is 15.0. The van der Waals surface area contributed by atoms with Crippen molar-refractivity contribution in [3.05, 3.63) is 35.5 Å². The monoisotopic (exact) mass is 300 g/mol. The molecule has 118 valence electrons. The van der Waals surface area contributed by atoms with Gasteiger partial charge in [0.25, 0.3) is 0 Å². The molecule has 2 aromatic rings. The van der Waals surface area contributed by atoms with Crippen LogP contribution in [0.15, 0.2) is 18.6 Å². The lowest BCUT2D eigenvalue weighted by atomic mass is 10.0. The molecule has 2 aromatic heterocycles. The second kappa shape index (κ2) is 6.44. The molecule has 3 heterocycles. The highest BCUT2D eigenvalue weighted by molar-refractivity contribution is 5.35. The minimum absolute atomic E-state index is 0.444. The van der Waals surface area contributed by atoms with Gasteiger partial charge in [-0.2, -0.15) is 5.10 Å². The van der Waals surface area contributed by atoms with Gasteiger partial charge in [0, 0.05) is 49.7 Å². The Morgan fingerprint density at radius 3 is 2.91 bits per heavy atom. The number of nitrogens with one attached hydrogen (secondary N) is 1. The van der Waals surface area contributed by atoms with Gasteiger partial charge < -0.3 is 5.32 Å². The average molecular weight is 300 g/mol. The van der Waals surface area contributed by atoms with Crippen LogP contribution in [0.2, 0.25) is 0 Å². The largest absolute Gasteiger partial charge is 0.366 e. The Labute approximate surface area is 131 Å². The highest BCUT2D eigenvalue weighted by Gasteiger charge is 2.21. The summed E-state index contributed by atoms with van der Waals surface area (Å²) in [6, 6.07) is 2.45. The van der Waals surface area contributed by atoms with E-state index >= 15 is 0 Å². The van der Waals surface area contributed by atoms with E-state index in [4.69, 9.17) is 0 Å². The minimum atomic E-state index is 0.444. The minimum Gasteiger partial charge on any atom is -0.366 e. The van der Waals surface area contributed by atoms with Crippen molar-refractivity contribution in [2.24, 2.45) is 7.05 Å². The molecule has 0 spiro atoms. The third kappa shape index (κ3) is 3.62. The van der Waals surface area contributed by atoms with Gasteiger partial charge in [-0.25, -0.2) is 9.97 Å². The van der Waals surface area contributed by atoms with Gasteiger partial charge in [0.2, 0.25) is 0 Å². The van der Waals surface area contributed by atoms with E-state index in [1.54, 1.807) is 6.33 Å². The summed E-state index contributed by atoms with van der Waals surface area (Å²) in [6.45, 7) is 7.23. The molecule has 0 amide bonds. The summed E-state index contributed by atoms with van der Waals surface area (Å²) in [4.78, 5) is 11.0. The van der Waals surface area contributed by atoms with Crippen molar-refractivity contribution in [1.82, 2.24) is 24.6 Å². The number of anilines is 1. The Balaban J connectivity index is 1.60. The smallest absolute Gasteiger partial charge is 0.129 e. The zero-order valence-electron chi connectivity index (χ0n) is 13.6. The number of hydrogen-bond donors (Lipinski definition) is 1. The van der Waals surface area contributed by atoms with Gasteiger partial charge in [0.15, 0.2) is 0 Å². The zero-order chi connectivity index (χ0) is 15.5. The van der Waals surface area contributed by atoms with Crippen LogP contribution in [0.25, 0.3) is 0 Å². The Morgan fingerprint density at radius 2 is 2.18 bits per heavy atom. The van der Waals surface area contributed by atoms with Gasteiger partial charge in [-0.1, -0.05) is 0 Å². The summed E-state index contributed by atoms with van der Waals surface area (Å²) in [5, 5.41) is 7.97. The molecule has 0 aliphatic carbocycles. The van der Waals surface area contributed by atoms with E-state index in [9.17, 15) is 0 Å². The molecule has 6 heteroatoms.